The molecule has 0 radical (unpaired) electrons. The fourth-order valence-corrected chi connectivity index (χ4v) is 10.2. The number of hydrogen-bond acceptors (Lipinski definition) is 6. The largest absolute Gasteiger partial charge is 0.462 e. The van der Waals surface area contributed by atoms with Crippen molar-refractivity contribution in [3.63, 3.8) is 0 Å². The highest BCUT2D eigenvalue weighted by Gasteiger charge is 2.19. The lowest BCUT2D eigenvalue weighted by atomic mass is 10.0. The number of ether oxygens (including phenoxy) is 3. The van der Waals surface area contributed by atoms with Gasteiger partial charge in [0.1, 0.15) is 13.2 Å². The standard InChI is InChI=1S/C71H130O6/c1-4-7-10-13-16-19-22-24-26-28-30-32-33-34-35-36-37-38-39-40-42-43-45-47-49-52-55-58-61-64-70(73)76-67-68(66-75-69(72)63-60-57-54-51-21-18-15-12-9-6-3)77-71(74)65-62-59-56-53-50-48-46-44-41-31-29-27-25-23-20-17-14-11-8-5-2/h12,15,22,24,28,30,33-34,68H,4-11,13-14,16-21,23,25-27,29,31-32,35-67H2,1-3H3/b15-12-,24-22-,30-28-,34-33-. The van der Waals surface area contributed by atoms with Crippen LogP contribution in [-0.4, -0.2) is 37.2 Å². The Kier molecular flexibility index (Phi) is 63.6. The molecular weight excluding hydrogens is 949 g/mol. The summed E-state index contributed by atoms with van der Waals surface area (Å²) >= 11 is 0. The molecule has 0 aliphatic heterocycles. The monoisotopic (exact) mass is 1080 g/mol. The van der Waals surface area contributed by atoms with Crippen molar-refractivity contribution >= 4 is 17.9 Å². The molecular formula is C71H130O6. The van der Waals surface area contributed by atoms with Crippen LogP contribution in [0.3, 0.4) is 0 Å². The smallest absolute Gasteiger partial charge is 0.306 e. The van der Waals surface area contributed by atoms with Crippen LogP contribution in [-0.2, 0) is 28.6 Å². The van der Waals surface area contributed by atoms with E-state index in [1.807, 2.05) is 0 Å². The highest BCUT2D eigenvalue weighted by Crippen LogP contribution is 2.18. The average Bonchev–Trinajstić information content (AvgIpc) is 3.43. The van der Waals surface area contributed by atoms with Crippen molar-refractivity contribution in [2.75, 3.05) is 13.2 Å². The zero-order valence-corrected chi connectivity index (χ0v) is 51.7. The summed E-state index contributed by atoms with van der Waals surface area (Å²) in [6.45, 7) is 6.62. The van der Waals surface area contributed by atoms with Crippen molar-refractivity contribution in [3.05, 3.63) is 48.6 Å². The topological polar surface area (TPSA) is 78.9 Å². The molecule has 0 bridgehead atoms. The average molecular weight is 1080 g/mol. The molecule has 0 fully saturated rings. The maximum absolute atomic E-state index is 12.9. The zero-order chi connectivity index (χ0) is 55.7. The second kappa shape index (κ2) is 65.9. The number of unbranched alkanes of at least 4 members (excludes halogenated alkanes) is 44. The first-order valence-corrected chi connectivity index (χ1v) is 34.1. The third-order valence-corrected chi connectivity index (χ3v) is 15.3. The van der Waals surface area contributed by atoms with E-state index in [0.717, 1.165) is 83.5 Å². The minimum Gasteiger partial charge on any atom is -0.462 e. The normalized spacial score (nSPS) is 12.3. The lowest BCUT2D eigenvalue weighted by Gasteiger charge is -2.18. The summed E-state index contributed by atoms with van der Waals surface area (Å²) in [6.07, 6.45) is 82.9. The van der Waals surface area contributed by atoms with Crippen LogP contribution in [0.2, 0.25) is 0 Å². The van der Waals surface area contributed by atoms with Gasteiger partial charge in [0.2, 0.25) is 0 Å². The number of esters is 3. The quantitative estimate of drug-likeness (QED) is 0.0261. The predicted octanol–water partition coefficient (Wildman–Crippen LogP) is 23.3. The predicted molar refractivity (Wildman–Crippen MR) is 335 cm³/mol. The van der Waals surface area contributed by atoms with Crippen LogP contribution >= 0.6 is 0 Å². The van der Waals surface area contributed by atoms with Crippen molar-refractivity contribution in [2.24, 2.45) is 0 Å². The van der Waals surface area contributed by atoms with Gasteiger partial charge in [0.15, 0.2) is 6.10 Å². The van der Waals surface area contributed by atoms with Gasteiger partial charge in [-0.1, -0.05) is 320 Å². The highest BCUT2D eigenvalue weighted by atomic mass is 16.6. The summed E-state index contributed by atoms with van der Waals surface area (Å²) in [4.78, 5) is 38.3. The molecule has 6 nitrogen and oxygen atoms in total. The summed E-state index contributed by atoms with van der Waals surface area (Å²) in [5.41, 5.74) is 0. The molecule has 1 unspecified atom stereocenters. The van der Waals surface area contributed by atoms with Crippen molar-refractivity contribution in [2.45, 2.75) is 374 Å². The molecule has 0 aromatic rings. The van der Waals surface area contributed by atoms with Gasteiger partial charge in [-0.25, -0.2) is 0 Å². The molecule has 450 valence electrons. The van der Waals surface area contributed by atoms with Crippen LogP contribution in [0.5, 0.6) is 0 Å². The summed E-state index contributed by atoms with van der Waals surface area (Å²) in [5.74, 6) is -0.860. The van der Waals surface area contributed by atoms with Gasteiger partial charge >= 0.3 is 17.9 Å². The molecule has 0 aliphatic carbocycles. The molecule has 0 N–H and O–H groups in total. The van der Waals surface area contributed by atoms with E-state index < -0.39 is 6.10 Å². The molecule has 0 spiro atoms. The van der Waals surface area contributed by atoms with Crippen LogP contribution in [0.1, 0.15) is 367 Å². The number of allylic oxidation sites excluding steroid dienone is 8. The number of hydrogen-bond donors (Lipinski definition) is 0. The summed E-state index contributed by atoms with van der Waals surface area (Å²) in [6, 6.07) is 0. The third kappa shape index (κ3) is 64.1. The van der Waals surface area contributed by atoms with Crippen molar-refractivity contribution in [3.8, 4) is 0 Å². The number of carbonyl (C=O) groups excluding carboxylic acids is 3. The SMILES string of the molecule is CCC/C=C\CCCCCCCC(=O)OCC(COC(=O)CCCCCCCCCCCCCCCC/C=C\C/C=C\C/C=C\CCCCCCC)OC(=O)CCCCCCCCCCCCCCCCCCCCCC. The Labute approximate surface area is 479 Å². The fourth-order valence-electron chi connectivity index (χ4n) is 10.2. The third-order valence-electron chi connectivity index (χ3n) is 15.3. The Bertz CT molecular complexity index is 1330. The molecule has 6 heteroatoms. The Hall–Kier alpha value is -2.63. The Balaban J connectivity index is 4.14. The molecule has 0 saturated heterocycles. The summed E-state index contributed by atoms with van der Waals surface area (Å²) < 4.78 is 16.9. The maximum atomic E-state index is 12.9. The van der Waals surface area contributed by atoms with Gasteiger partial charge < -0.3 is 14.2 Å². The molecule has 1 atom stereocenters. The van der Waals surface area contributed by atoms with Gasteiger partial charge in [-0.05, 0) is 77.0 Å². The molecule has 0 aromatic heterocycles. The first kappa shape index (κ1) is 74.4. The van der Waals surface area contributed by atoms with Gasteiger partial charge in [-0.2, -0.15) is 0 Å². The number of carbonyl (C=O) groups is 3. The molecule has 0 aromatic carbocycles. The van der Waals surface area contributed by atoms with Crippen LogP contribution < -0.4 is 0 Å². The van der Waals surface area contributed by atoms with Crippen molar-refractivity contribution in [1.29, 1.82) is 0 Å². The van der Waals surface area contributed by atoms with E-state index in [9.17, 15) is 14.4 Å². The molecule has 0 heterocycles. The molecule has 77 heavy (non-hydrogen) atoms. The minimum atomic E-state index is -0.774. The van der Waals surface area contributed by atoms with E-state index in [2.05, 4.69) is 69.4 Å². The summed E-state index contributed by atoms with van der Waals surface area (Å²) in [7, 11) is 0. The first-order valence-electron chi connectivity index (χ1n) is 34.1. The maximum Gasteiger partial charge on any atom is 0.306 e. The highest BCUT2D eigenvalue weighted by molar-refractivity contribution is 5.71. The second-order valence-corrected chi connectivity index (χ2v) is 23.1. The van der Waals surface area contributed by atoms with Gasteiger partial charge in [0.05, 0.1) is 0 Å². The van der Waals surface area contributed by atoms with Gasteiger partial charge in [-0.15, -0.1) is 0 Å². The van der Waals surface area contributed by atoms with Crippen molar-refractivity contribution in [1.82, 2.24) is 0 Å². The second-order valence-electron chi connectivity index (χ2n) is 23.1. The Morgan fingerprint density at radius 2 is 0.494 bits per heavy atom. The van der Waals surface area contributed by atoms with Crippen LogP contribution in [0.4, 0.5) is 0 Å². The first-order chi connectivity index (χ1) is 38.0. The Morgan fingerprint density at radius 1 is 0.260 bits per heavy atom. The van der Waals surface area contributed by atoms with E-state index in [4.69, 9.17) is 14.2 Å². The Morgan fingerprint density at radius 3 is 0.792 bits per heavy atom. The van der Waals surface area contributed by atoms with E-state index >= 15 is 0 Å². The molecule has 0 aliphatic rings. The number of rotatable bonds is 63. The zero-order valence-electron chi connectivity index (χ0n) is 51.7. The van der Waals surface area contributed by atoms with Gasteiger partial charge in [-0.3, -0.25) is 14.4 Å². The summed E-state index contributed by atoms with van der Waals surface area (Å²) in [5, 5.41) is 0. The fraction of sp³-hybridized carbons (Fsp3) is 0.845. The minimum absolute atomic E-state index is 0.0717. The lowest BCUT2D eigenvalue weighted by molar-refractivity contribution is -0.167. The molecule has 0 saturated carbocycles. The van der Waals surface area contributed by atoms with E-state index in [0.29, 0.717) is 19.3 Å². The van der Waals surface area contributed by atoms with Crippen molar-refractivity contribution < 1.29 is 28.6 Å². The molecule has 0 rings (SSSR count). The van der Waals surface area contributed by atoms with E-state index in [-0.39, 0.29) is 31.1 Å². The molecule has 0 amide bonds. The van der Waals surface area contributed by atoms with Gasteiger partial charge in [0.25, 0.3) is 0 Å². The van der Waals surface area contributed by atoms with Crippen LogP contribution in [0, 0.1) is 0 Å². The lowest BCUT2D eigenvalue weighted by Crippen LogP contribution is -2.30. The van der Waals surface area contributed by atoms with E-state index in [1.165, 1.54) is 244 Å². The van der Waals surface area contributed by atoms with Gasteiger partial charge in [0, 0.05) is 19.3 Å². The van der Waals surface area contributed by atoms with Crippen LogP contribution in [0.25, 0.3) is 0 Å². The van der Waals surface area contributed by atoms with Crippen LogP contribution in [0.15, 0.2) is 48.6 Å². The van der Waals surface area contributed by atoms with E-state index in [1.54, 1.807) is 0 Å².